The summed E-state index contributed by atoms with van der Waals surface area (Å²) in [5.74, 6) is 1.70. The summed E-state index contributed by atoms with van der Waals surface area (Å²) in [6.07, 6.45) is 0. The number of anilines is 3. The third-order valence-electron chi connectivity index (χ3n) is 4.15. The van der Waals surface area contributed by atoms with E-state index >= 15 is 0 Å². The smallest absolute Gasteiger partial charge is 0.262 e. The first-order valence-electron chi connectivity index (χ1n) is 8.47. The van der Waals surface area contributed by atoms with E-state index in [2.05, 4.69) is 10.0 Å². The lowest BCUT2D eigenvalue weighted by Gasteiger charge is -2.11. The second kappa shape index (κ2) is 7.32. The summed E-state index contributed by atoms with van der Waals surface area (Å²) < 4.78 is 43.4. The van der Waals surface area contributed by atoms with E-state index in [1.807, 2.05) is 24.3 Å². The summed E-state index contributed by atoms with van der Waals surface area (Å²) in [6, 6.07) is 19.0. The van der Waals surface area contributed by atoms with Gasteiger partial charge in [0.1, 0.15) is 5.75 Å². The first-order valence-corrected chi connectivity index (χ1v) is 9.95. The van der Waals surface area contributed by atoms with Crippen molar-refractivity contribution in [2.45, 2.75) is 4.90 Å². The molecule has 144 valence electrons. The van der Waals surface area contributed by atoms with E-state index in [0.29, 0.717) is 17.2 Å². The van der Waals surface area contributed by atoms with Gasteiger partial charge in [-0.2, -0.15) is 0 Å². The van der Waals surface area contributed by atoms with Gasteiger partial charge in [0.25, 0.3) is 10.0 Å². The van der Waals surface area contributed by atoms with Crippen LogP contribution in [0.5, 0.6) is 17.2 Å². The number of rotatable bonds is 6. The minimum atomic E-state index is -3.74. The molecule has 0 bridgehead atoms. The number of methoxy groups -OCH3 is 1. The fraction of sp³-hybridized carbons (Fsp3) is 0.100. The van der Waals surface area contributed by atoms with Crippen molar-refractivity contribution in [1.82, 2.24) is 0 Å². The highest BCUT2D eigenvalue weighted by Crippen LogP contribution is 2.34. The molecule has 0 aromatic heterocycles. The predicted octanol–water partition coefficient (Wildman–Crippen LogP) is 3.97. The quantitative estimate of drug-likeness (QED) is 0.654. The summed E-state index contributed by atoms with van der Waals surface area (Å²) >= 11 is 0. The topological polar surface area (TPSA) is 85.9 Å². The van der Waals surface area contributed by atoms with Crippen LogP contribution in [0.2, 0.25) is 0 Å². The van der Waals surface area contributed by atoms with Crippen LogP contribution in [0.25, 0.3) is 0 Å². The van der Waals surface area contributed by atoms with E-state index < -0.39 is 10.0 Å². The Morgan fingerprint density at radius 1 is 0.857 bits per heavy atom. The first kappa shape index (κ1) is 18.0. The summed E-state index contributed by atoms with van der Waals surface area (Å²) in [4.78, 5) is 0.107. The van der Waals surface area contributed by atoms with Crippen molar-refractivity contribution in [1.29, 1.82) is 0 Å². The van der Waals surface area contributed by atoms with E-state index in [1.165, 1.54) is 12.1 Å². The van der Waals surface area contributed by atoms with Crippen LogP contribution < -0.4 is 24.2 Å². The number of hydrogen-bond donors (Lipinski definition) is 2. The molecule has 3 aromatic carbocycles. The first-order chi connectivity index (χ1) is 13.5. The Morgan fingerprint density at radius 2 is 1.61 bits per heavy atom. The molecule has 7 nitrogen and oxygen atoms in total. The Kier molecular flexibility index (Phi) is 4.70. The standard InChI is InChI=1S/C20H18N2O5S/c1-25-17-4-2-3-16(11-17)21-14-5-7-15(8-6-14)22-28(23,24)18-9-10-19-20(12-18)27-13-26-19/h2-12,21-22H,13H2,1H3. The molecule has 4 rings (SSSR count). The number of hydrogen-bond acceptors (Lipinski definition) is 6. The predicted molar refractivity (Wildman–Crippen MR) is 106 cm³/mol. The van der Waals surface area contributed by atoms with Crippen LogP contribution in [0.4, 0.5) is 17.1 Å². The number of sulfonamides is 1. The van der Waals surface area contributed by atoms with Crippen molar-refractivity contribution < 1.29 is 22.6 Å². The molecule has 1 aliphatic heterocycles. The average molecular weight is 398 g/mol. The molecular formula is C20H18N2O5S. The lowest BCUT2D eigenvalue weighted by Crippen LogP contribution is -2.12. The molecule has 0 saturated heterocycles. The van der Waals surface area contributed by atoms with Crippen molar-refractivity contribution in [3.63, 3.8) is 0 Å². The van der Waals surface area contributed by atoms with Gasteiger partial charge in [-0.15, -0.1) is 0 Å². The molecular weight excluding hydrogens is 380 g/mol. The molecule has 0 spiro atoms. The lowest BCUT2D eigenvalue weighted by molar-refractivity contribution is 0.174. The lowest BCUT2D eigenvalue weighted by atomic mass is 10.2. The molecule has 0 saturated carbocycles. The maximum Gasteiger partial charge on any atom is 0.262 e. The zero-order valence-electron chi connectivity index (χ0n) is 15.0. The van der Waals surface area contributed by atoms with Gasteiger partial charge in [0.15, 0.2) is 11.5 Å². The summed E-state index contributed by atoms with van der Waals surface area (Å²) in [5.41, 5.74) is 2.14. The Hall–Kier alpha value is -3.39. The van der Waals surface area contributed by atoms with Gasteiger partial charge in [-0.1, -0.05) is 6.07 Å². The second-order valence-corrected chi connectivity index (χ2v) is 7.74. The van der Waals surface area contributed by atoms with Crippen LogP contribution in [0.15, 0.2) is 71.6 Å². The van der Waals surface area contributed by atoms with E-state index in [0.717, 1.165) is 17.1 Å². The number of nitrogens with one attached hydrogen (secondary N) is 2. The van der Waals surface area contributed by atoms with Crippen LogP contribution in [0.3, 0.4) is 0 Å². The molecule has 1 aliphatic rings. The summed E-state index contributed by atoms with van der Waals surface area (Å²) in [5, 5.41) is 3.24. The van der Waals surface area contributed by atoms with Gasteiger partial charge < -0.3 is 19.5 Å². The number of ether oxygens (including phenoxy) is 3. The molecule has 0 fully saturated rings. The van der Waals surface area contributed by atoms with Crippen LogP contribution in [-0.4, -0.2) is 22.3 Å². The second-order valence-electron chi connectivity index (χ2n) is 6.05. The number of fused-ring (bicyclic) bond motifs is 1. The molecule has 8 heteroatoms. The third kappa shape index (κ3) is 3.81. The summed E-state index contributed by atoms with van der Waals surface area (Å²) in [6.45, 7) is 0.0913. The van der Waals surface area contributed by atoms with E-state index in [-0.39, 0.29) is 11.7 Å². The van der Waals surface area contributed by atoms with Crippen molar-refractivity contribution in [3.05, 3.63) is 66.7 Å². The van der Waals surface area contributed by atoms with Crippen molar-refractivity contribution >= 4 is 27.1 Å². The van der Waals surface area contributed by atoms with Crippen LogP contribution in [-0.2, 0) is 10.0 Å². The Balaban J connectivity index is 1.48. The minimum Gasteiger partial charge on any atom is -0.497 e. The molecule has 2 N–H and O–H groups in total. The Morgan fingerprint density at radius 3 is 2.39 bits per heavy atom. The van der Waals surface area contributed by atoms with Crippen molar-refractivity contribution in [2.24, 2.45) is 0 Å². The van der Waals surface area contributed by atoms with Gasteiger partial charge in [-0.3, -0.25) is 4.72 Å². The Labute approximate surface area is 162 Å². The highest BCUT2D eigenvalue weighted by molar-refractivity contribution is 7.92. The van der Waals surface area contributed by atoms with E-state index in [9.17, 15) is 8.42 Å². The SMILES string of the molecule is COc1cccc(Nc2ccc(NS(=O)(=O)c3ccc4c(c3)OCO4)cc2)c1. The zero-order valence-corrected chi connectivity index (χ0v) is 15.8. The maximum atomic E-state index is 12.6. The van der Waals surface area contributed by atoms with Crippen molar-refractivity contribution in [3.8, 4) is 17.2 Å². The van der Waals surface area contributed by atoms with Crippen LogP contribution >= 0.6 is 0 Å². The third-order valence-corrected chi connectivity index (χ3v) is 5.53. The maximum absolute atomic E-state index is 12.6. The van der Waals surface area contributed by atoms with Gasteiger partial charge in [-0.05, 0) is 48.5 Å². The van der Waals surface area contributed by atoms with Crippen LogP contribution in [0, 0.1) is 0 Å². The van der Waals surface area contributed by atoms with Crippen molar-refractivity contribution in [2.75, 3.05) is 23.9 Å². The highest BCUT2D eigenvalue weighted by atomic mass is 32.2. The molecule has 1 heterocycles. The largest absolute Gasteiger partial charge is 0.497 e. The molecule has 0 amide bonds. The normalized spacial score (nSPS) is 12.5. The van der Waals surface area contributed by atoms with Crippen LogP contribution in [0.1, 0.15) is 0 Å². The van der Waals surface area contributed by atoms with Gasteiger partial charge in [0.05, 0.1) is 12.0 Å². The fourth-order valence-corrected chi connectivity index (χ4v) is 3.82. The van der Waals surface area contributed by atoms with Gasteiger partial charge in [-0.25, -0.2) is 8.42 Å². The van der Waals surface area contributed by atoms with Gasteiger partial charge in [0.2, 0.25) is 6.79 Å². The molecule has 0 radical (unpaired) electrons. The molecule has 0 atom stereocenters. The molecule has 28 heavy (non-hydrogen) atoms. The van der Waals surface area contributed by atoms with E-state index in [4.69, 9.17) is 14.2 Å². The zero-order chi connectivity index (χ0) is 19.6. The average Bonchev–Trinajstić information content (AvgIpc) is 3.17. The number of benzene rings is 3. The Bertz CT molecular complexity index is 1100. The van der Waals surface area contributed by atoms with E-state index in [1.54, 1.807) is 37.4 Å². The van der Waals surface area contributed by atoms with Gasteiger partial charge >= 0.3 is 0 Å². The fourth-order valence-electron chi connectivity index (χ4n) is 2.75. The molecule has 3 aromatic rings. The summed E-state index contributed by atoms with van der Waals surface area (Å²) in [7, 11) is -2.13. The van der Waals surface area contributed by atoms with Gasteiger partial charge in [0, 0.05) is 29.2 Å². The highest BCUT2D eigenvalue weighted by Gasteiger charge is 2.20. The molecule has 0 unspecified atom stereocenters. The monoisotopic (exact) mass is 398 g/mol. The minimum absolute atomic E-state index is 0.0913. The molecule has 0 aliphatic carbocycles.